The molecule has 1 fully saturated rings. The number of carbonyl (C=O) groups is 1. The summed E-state index contributed by atoms with van der Waals surface area (Å²) in [4.78, 5) is 13.4. The Kier molecular flexibility index (Phi) is 5.12. The molecule has 6 nitrogen and oxygen atoms in total. The Labute approximate surface area is 153 Å². The van der Waals surface area contributed by atoms with Crippen molar-refractivity contribution in [2.45, 2.75) is 18.5 Å². The third kappa shape index (κ3) is 3.85. The van der Waals surface area contributed by atoms with Crippen molar-refractivity contribution in [1.29, 1.82) is 0 Å². The molecule has 2 heterocycles. The highest BCUT2D eigenvalue weighted by molar-refractivity contribution is 7.87. The van der Waals surface area contributed by atoms with Gasteiger partial charge in [-0.05, 0) is 36.1 Å². The standard InChI is InChI=1S/C15H15ClFN3O3S2/c1-20-13(15(21)18-9-4-5-10(16)11(17)7-9)8-12(19-25(20,22)23)14-3-2-6-24-14/h2-7,12-13,19H,8H2,1H3,(H,18,21)/t12-,13+/m1/s1. The highest BCUT2D eigenvalue weighted by Gasteiger charge is 2.40. The first-order valence-corrected chi connectivity index (χ1v) is 10.0. The molecule has 0 saturated carbocycles. The van der Waals surface area contributed by atoms with Gasteiger partial charge in [-0.3, -0.25) is 4.79 Å². The summed E-state index contributed by atoms with van der Waals surface area (Å²) in [7, 11) is -2.47. The largest absolute Gasteiger partial charge is 0.325 e. The minimum atomic E-state index is -3.80. The van der Waals surface area contributed by atoms with Crippen LogP contribution in [0.4, 0.5) is 10.1 Å². The maximum absolute atomic E-state index is 13.5. The van der Waals surface area contributed by atoms with Crippen LogP contribution in [0.1, 0.15) is 17.3 Å². The van der Waals surface area contributed by atoms with Crippen LogP contribution in [0.5, 0.6) is 0 Å². The van der Waals surface area contributed by atoms with E-state index in [9.17, 15) is 17.6 Å². The summed E-state index contributed by atoms with van der Waals surface area (Å²) in [5.74, 6) is -1.20. The fraction of sp³-hybridized carbons (Fsp3) is 0.267. The molecule has 2 aromatic rings. The molecule has 2 atom stereocenters. The Hall–Kier alpha value is -1.52. The summed E-state index contributed by atoms with van der Waals surface area (Å²) in [6.45, 7) is 0. The Bertz CT molecular complexity index is 889. The topological polar surface area (TPSA) is 78.5 Å². The third-order valence-corrected chi connectivity index (χ3v) is 6.83. The molecule has 0 spiro atoms. The number of carbonyl (C=O) groups excluding carboxylic acids is 1. The van der Waals surface area contributed by atoms with E-state index in [2.05, 4.69) is 10.0 Å². The van der Waals surface area contributed by atoms with E-state index in [0.717, 1.165) is 15.2 Å². The van der Waals surface area contributed by atoms with Crippen molar-refractivity contribution in [3.05, 3.63) is 51.4 Å². The molecule has 3 rings (SSSR count). The van der Waals surface area contributed by atoms with Crippen molar-refractivity contribution in [1.82, 2.24) is 9.03 Å². The first kappa shape index (κ1) is 18.3. The average Bonchev–Trinajstić information content (AvgIpc) is 3.07. The fourth-order valence-electron chi connectivity index (χ4n) is 2.59. The van der Waals surface area contributed by atoms with Gasteiger partial charge in [0.1, 0.15) is 11.9 Å². The molecule has 134 valence electrons. The van der Waals surface area contributed by atoms with Crippen molar-refractivity contribution in [3.63, 3.8) is 0 Å². The summed E-state index contributed by atoms with van der Waals surface area (Å²) in [5, 5.41) is 4.33. The van der Waals surface area contributed by atoms with Gasteiger partial charge in [0.05, 0.1) is 11.1 Å². The maximum atomic E-state index is 13.5. The lowest BCUT2D eigenvalue weighted by Crippen LogP contribution is -2.55. The van der Waals surface area contributed by atoms with Gasteiger partial charge in [0.2, 0.25) is 5.91 Å². The number of hydrogen-bond acceptors (Lipinski definition) is 4. The van der Waals surface area contributed by atoms with Crippen LogP contribution in [0, 0.1) is 5.82 Å². The highest BCUT2D eigenvalue weighted by Crippen LogP contribution is 2.31. The Morgan fingerprint density at radius 3 is 2.84 bits per heavy atom. The molecule has 10 heteroatoms. The molecule has 25 heavy (non-hydrogen) atoms. The van der Waals surface area contributed by atoms with E-state index >= 15 is 0 Å². The van der Waals surface area contributed by atoms with Gasteiger partial charge in [0.15, 0.2) is 0 Å². The summed E-state index contributed by atoms with van der Waals surface area (Å²) >= 11 is 7.03. The van der Waals surface area contributed by atoms with E-state index in [0.29, 0.717) is 0 Å². The Balaban J connectivity index is 1.83. The number of hydrogen-bond donors (Lipinski definition) is 2. The molecule has 0 aliphatic carbocycles. The second-order valence-electron chi connectivity index (χ2n) is 5.58. The number of likely N-dealkylation sites (N-methyl/N-ethyl adjacent to an activating group) is 1. The van der Waals surface area contributed by atoms with E-state index in [4.69, 9.17) is 11.6 Å². The molecule has 1 aliphatic rings. The van der Waals surface area contributed by atoms with Crippen LogP contribution < -0.4 is 10.0 Å². The molecule has 1 aliphatic heterocycles. The third-order valence-electron chi connectivity index (χ3n) is 3.94. The van der Waals surface area contributed by atoms with E-state index in [1.807, 2.05) is 17.5 Å². The van der Waals surface area contributed by atoms with Crippen molar-refractivity contribution in [2.24, 2.45) is 0 Å². The molecule has 1 aromatic carbocycles. The van der Waals surface area contributed by atoms with Crippen molar-refractivity contribution >= 4 is 44.7 Å². The number of amides is 1. The van der Waals surface area contributed by atoms with Crippen LogP contribution in [0.15, 0.2) is 35.7 Å². The summed E-state index contributed by atoms with van der Waals surface area (Å²) in [5.41, 5.74) is 0.212. The van der Waals surface area contributed by atoms with Gasteiger partial charge >= 0.3 is 0 Å². The predicted octanol–water partition coefficient (Wildman–Crippen LogP) is 2.76. The normalized spacial score (nSPS) is 23.3. The zero-order valence-electron chi connectivity index (χ0n) is 13.1. The zero-order chi connectivity index (χ0) is 18.2. The SMILES string of the molecule is CN1[C@H](C(=O)Nc2ccc(Cl)c(F)c2)C[C@H](c2cccs2)NS1(=O)=O. The number of anilines is 1. The molecule has 1 saturated heterocycles. The van der Waals surface area contributed by atoms with Gasteiger partial charge in [0, 0.05) is 17.6 Å². The number of thiophene rings is 1. The molecule has 2 N–H and O–H groups in total. The molecule has 1 aromatic heterocycles. The molecule has 0 unspecified atom stereocenters. The first-order chi connectivity index (χ1) is 11.8. The molecule has 0 bridgehead atoms. The highest BCUT2D eigenvalue weighted by atomic mass is 35.5. The average molecular weight is 404 g/mol. The smallest absolute Gasteiger partial charge is 0.280 e. The van der Waals surface area contributed by atoms with E-state index < -0.39 is 34.0 Å². The van der Waals surface area contributed by atoms with Gasteiger partial charge in [0.25, 0.3) is 10.2 Å². The summed E-state index contributed by atoms with van der Waals surface area (Å²) < 4.78 is 41.7. The van der Waals surface area contributed by atoms with Gasteiger partial charge in [-0.15, -0.1) is 11.3 Å². The van der Waals surface area contributed by atoms with Crippen LogP contribution in [0.3, 0.4) is 0 Å². The van der Waals surface area contributed by atoms with Gasteiger partial charge < -0.3 is 5.32 Å². The monoisotopic (exact) mass is 403 g/mol. The number of halogens is 2. The number of benzene rings is 1. The molecular formula is C15H15ClFN3O3S2. The lowest BCUT2D eigenvalue weighted by Gasteiger charge is -2.35. The van der Waals surface area contributed by atoms with Crippen molar-refractivity contribution < 1.29 is 17.6 Å². The van der Waals surface area contributed by atoms with Gasteiger partial charge in [-0.1, -0.05) is 17.7 Å². The minimum Gasteiger partial charge on any atom is -0.325 e. The van der Waals surface area contributed by atoms with E-state index in [1.54, 1.807) is 0 Å². The number of nitrogens with one attached hydrogen (secondary N) is 2. The van der Waals surface area contributed by atoms with Crippen molar-refractivity contribution in [2.75, 3.05) is 12.4 Å². The molecule has 0 radical (unpaired) electrons. The Morgan fingerprint density at radius 2 is 2.20 bits per heavy atom. The number of nitrogens with zero attached hydrogens (tertiary/aromatic N) is 1. The lowest BCUT2D eigenvalue weighted by molar-refractivity contribution is -0.120. The first-order valence-electron chi connectivity index (χ1n) is 7.32. The van der Waals surface area contributed by atoms with Crippen LogP contribution >= 0.6 is 22.9 Å². The van der Waals surface area contributed by atoms with Crippen LogP contribution in [0.2, 0.25) is 5.02 Å². The molecule has 1 amide bonds. The van der Waals surface area contributed by atoms with Crippen molar-refractivity contribution in [3.8, 4) is 0 Å². The number of rotatable bonds is 3. The van der Waals surface area contributed by atoms with E-state index in [-0.39, 0.29) is 17.1 Å². The van der Waals surface area contributed by atoms with Gasteiger partial charge in [-0.2, -0.15) is 17.4 Å². The zero-order valence-corrected chi connectivity index (χ0v) is 15.5. The minimum absolute atomic E-state index is 0.0580. The second kappa shape index (κ2) is 7.00. The Morgan fingerprint density at radius 1 is 1.44 bits per heavy atom. The van der Waals surface area contributed by atoms with Gasteiger partial charge in [-0.25, -0.2) is 4.39 Å². The molecular weight excluding hydrogens is 389 g/mol. The van der Waals surface area contributed by atoms with E-state index in [1.165, 1.54) is 30.5 Å². The van der Waals surface area contributed by atoms with Crippen LogP contribution in [0.25, 0.3) is 0 Å². The summed E-state index contributed by atoms with van der Waals surface area (Å²) in [6.07, 6.45) is 0.262. The second-order valence-corrected chi connectivity index (χ2v) is 8.73. The predicted molar refractivity (Wildman–Crippen MR) is 95.3 cm³/mol. The lowest BCUT2D eigenvalue weighted by atomic mass is 10.1. The maximum Gasteiger partial charge on any atom is 0.280 e. The quantitative estimate of drug-likeness (QED) is 0.827. The summed E-state index contributed by atoms with van der Waals surface area (Å²) in [6, 6.07) is 6.09. The van der Waals surface area contributed by atoms with Crippen LogP contribution in [-0.2, 0) is 15.0 Å². The fourth-order valence-corrected chi connectivity index (χ4v) is 4.83. The van der Waals surface area contributed by atoms with Crippen LogP contribution in [-0.4, -0.2) is 31.7 Å².